The Balaban J connectivity index is 1.80. The number of rotatable bonds is 5. The van der Waals surface area contributed by atoms with Gasteiger partial charge in [0.1, 0.15) is 0 Å². The smallest absolute Gasteiger partial charge is 0.0417 e. The Morgan fingerprint density at radius 3 is 2.80 bits per heavy atom. The van der Waals surface area contributed by atoms with E-state index in [1.165, 1.54) is 28.2 Å². The van der Waals surface area contributed by atoms with Crippen LogP contribution in [0.2, 0.25) is 5.02 Å². The molecule has 2 aromatic rings. The van der Waals surface area contributed by atoms with Gasteiger partial charge in [0.2, 0.25) is 0 Å². The summed E-state index contributed by atoms with van der Waals surface area (Å²) in [4.78, 5) is 2.44. The van der Waals surface area contributed by atoms with E-state index >= 15 is 0 Å². The van der Waals surface area contributed by atoms with E-state index < -0.39 is 0 Å². The summed E-state index contributed by atoms with van der Waals surface area (Å²) in [7, 11) is 0. The highest BCUT2D eigenvalue weighted by atomic mass is 79.9. The monoisotopic (exact) mass is 367 g/mol. The van der Waals surface area contributed by atoms with Crippen LogP contribution in [0.1, 0.15) is 18.4 Å². The second-order valence-electron chi connectivity index (χ2n) is 4.97. The molecule has 0 unspecified atom stereocenters. The fourth-order valence-electron chi connectivity index (χ4n) is 1.97. The molecule has 1 saturated carbocycles. The van der Waals surface area contributed by atoms with Crippen molar-refractivity contribution in [2.75, 3.05) is 0 Å². The minimum absolute atomic E-state index is 0.717. The van der Waals surface area contributed by atoms with Crippen molar-refractivity contribution in [1.82, 2.24) is 5.32 Å². The van der Waals surface area contributed by atoms with Gasteiger partial charge in [0.05, 0.1) is 0 Å². The van der Waals surface area contributed by atoms with Crippen LogP contribution in [0.15, 0.2) is 56.7 Å². The van der Waals surface area contributed by atoms with Crippen LogP contribution in [0.5, 0.6) is 0 Å². The molecule has 1 aliphatic carbocycles. The number of halogens is 2. The van der Waals surface area contributed by atoms with Crippen molar-refractivity contribution in [3.63, 3.8) is 0 Å². The van der Waals surface area contributed by atoms with Gasteiger partial charge in [0.25, 0.3) is 0 Å². The van der Waals surface area contributed by atoms with Gasteiger partial charge in [-0.15, -0.1) is 0 Å². The molecule has 1 fully saturated rings. The van der Waals surface area contributed by atoms with Gasteiger partial charge >= 0.3 is 0 Å². The number of hydrogen-bond acceptors (Lipinski definition) is 2. The van der Waals surface area contributed by atoms with E-state index in [4.69, 9.17) is 11.6 Å². The van der Waals surface area contributed by atoms with Crippen molar-refractivity contribution in [2.45, 2.75) is 35.2 Å². The zero-order valence-corrected chi connectivity index (χ0v) is 14.1. The van der Waals surface area contributed by atoms with Gasteiger partial charge in [-0.3, -0.25) is 0 Å². The summed E-state index contributed by atoms with van der Waals surface area (Å²) in [5, 5.41) is 4.35. The van der Waals surface area contributed by atoms with Gasteiger partial charge in [-0.25, -0.2) is 0 Å². The van der Waals surface area contributed by atoms with Crippen LogP contribution in [-0.2, 0) is 6.54 Å². The Kier molecular flexibility index (Phi) is 4.72. The molecule has 1 N–H and O–H groups in total. The lowest BCUT2D eigenvalue weighted by atomic mass is 10.2. The van der Waals surface area contributed by atoms with Crippen molar-refractivity contribution in [3.05, 3.63) is 57.5 Å². The third-order valence-electron chi connectivity index (χ3n) is 3.21. The molecule has 0 amide bonds. The van der Waals surface area contributed by atoms with Crippen LogP contribution in [0.3, 0.4) is 0 Å². The normalized spacial score (nSPS) is 14.5. The number of benzene rings is 2. The number of hydrogen-bond donors (Lipinski definition) is 1. The van der Waals surface area contributed by atoms with Crippen LogP contribution in [0, 0.1) is 0 Å². The molecule has 0 aromatic heterocycles. The maximum absolute atomic E-state index is 6.15. The lowest BCUT2D eigenvalue weighted by Crippen LogP contribution is -2.15. The van der Waals surface area contributed by atoms with Crippen LogP contribution >= 0.6 is 39.3 Å². The Hall–Kier alpha value is -0.480. The van der Waals surface area contributed by atoms with E-state index in [2.05, 4.69) is 51.6 Å². The topological polar surface area (TPSA) is 12.0 Å². The van der Waals surface area contributed by atoms with E-state index in [0.717, 1.165) is 22.1 Å². The SMILES string of the molecule is Clc1ccc(CNC2CC2)c(Sc2cccc(Br)c2)c1. The molecule has 0 aliphatic heterocycles. The van der Waals surface area contributed by atoms with E-state index in [1.54, 1.807) is 11.8 Å². The molecular weight excluding hydrogens is 354 g/mol. The van der Waals surface area contributed by atoms with Crippen LogP contribution < -0.4 is 5.32 Å². The Morgan fingerprint density at radius 1 is 1.20 bits per heavy atom. The minimum atomic E-state index is 0.717. The molecule has 4 heteroatoms. The van der Waals surface area contributed by atoms with Gasteiger partial charge in [0, 0.05) is 31.9 Å². The summed E-state index contributed by atoms with van der Waals surface area (Å²) in [6.07, 6.45) is 2.61. The van der Waals surface area contributed by atoms with Gasteiger partial charge in [0.15, 0.2) is 0 Å². The Bertz CT molecular complexity index is 613. The van der Waals surface area contributed by atoms with E-state index in [-0.39, 0.29) is 0 Å². The van der Waals surface area contributed by atoms with E-state index in [1.807, 2.05) is 12.1 Å². The fraction of sp³-hybridized carbons (Fsp3) is 0.250. The molecule has 0 bridgehead atoms. The second kappa shape index (κ2) is 6.52. The lowest BCUT2D eigenvalue weighted by Gasteiger charge is -2.11. The molecule has 104 valence electrons. The first kappa shape index (κ1) is 14.5. The molecule has 0 spiro atoms. The molecule has 2 aromatic carbocycles. The summed E-state index contributed by atoms with van der Waals surface area (Å²) in [5.74, 6) is 0. The quantitative estimate of drug-likeness (QED) is 0.747. The minimum Gasteiger partial charge on any atom is -0.310 e. The molecular formula is C16H15BrClNS. The van der Waals surface area contributed by atoms with Crippen molar-refractivity contribution in [2.24, 2.45) is 0 Å². The average molecular weight is 369 g/mol. The van der Waals surface area contributed by atoms with Gasteiger partial charge in [-0.1, -0.05) is 51.4 Å². The van der Waals surface area contributed by atoms with E-state index in [9.17, 15) is 0 Å². The maximum atomic E-state index is 6.15. The summed E-state index contributed by atoms with van der Waals surface area (Å²) in [6.45, 7) is 0.915. The Labute approximate surface area is 137 Å². The predicted octanol–water partition coefficient (Wildman–Crippen LogP) is 5.51. The fourth-order valence-corrected chi connectivity index (χ4v) is 3.80. The number of nitrogens with one attached hydrogen (secondary N) is 1. The maximum Gasteiger partial charge on any atom is 0.0417 e. The predicted molar refractivity (Wildman–Crippen MR) is 89.6 cm³/mol. The molecule has 0 radical (unpaired) electrons. The van der Waals surface area contributed by atoms with Gasteiger partial charge < -0.3 is 5.32 Å². The first-order valence-corrected chi connectivity index (χ1v) is 8.65. The molecule has 0 saturated heterocycles. The second-order valence-corrected chi connectivity index (χ2v) is 7.43. The summed E-state index contributed by atoms with van der Waals surface area (Å²) < 4.78 is 1.10. The first-order valence-electron chi connectivity index (χ1n) is 6.66. The average Bonchev–Trinajstić information content (AvgIpc) is 3.22. The van der Waals surface area contributed by atoms with Crippen molar-refractivity contribution in [3.8, 4) is 0 Å². The zero-order chi connectivity index (χ0) is 13.9. The van der Waals surface area contributed by atoms with Gasteiger partial charge in [-0.2, -0.15) is 0 Å². The van der Waals surface area contributed by atoms with Crippen LogP contribution in [0.25, 0.3) is 0 Å². The lowest BCUT2D eigenvalue weighted by molar-refractivity contribution is 0.680. The van der Waals surface area contributed by atoms with Crippen LogP contribution in [-0.4, -0.2) is 6.04 Å². The largest absolute Gasteiger partial charge is 0.310 e. The molecule has 0 atom stereocenters. The van der Waals surface area contributed by atoms with Gasteiger partial charge in [-0.05, 0) is 48.7 Å². The summed E-state index contributed by atoms with van der Waals surface area (Å²) >= 11 is 11.4. The van der Waals surface area contributed by atoms with Crippen molar-refractivity contribution < 1.29 is 0 Å². The third kappa shape index (κ3) is 4.01. The highest BCUT2D eigenvalue weighted by molar-refractivity contribution is 9.10. The zero-order valence-electron chi connectivity index (χ0n) is 10.9. The summed E-state index contributed by atoms with van der Waals surface area (Å²) in [5.41, 5.74) is 1.31. The summed E-state index contributed by atoms with van der Waals surface area (Å²) in [6, 6.07) is 15.2. The highest BCUT2D eigenvalue weighted by Crippen LogP contribution is 2.34. The van der Waals surface area contributed by atoms with Crippen molar-refractivity contribution in [1.29, 1.82) is 0 Å². The molecule has 0 heterocycles. The third-order valence-corrected chi connectivity index (χ3v) is 5.03. The van der Waals surface area contributed by atoms with Crippen molar-refractivity contribution >= 4 is 39.3 Å². The molecule has 1 nitrogen and oxygen atoms in total. The molecule has 1 aliphatic rings. The molecule has 20 heavy (non-hydrogen) atoms. The standard InChI is InChI=1S/C16H15BrClNS/c17-12-2-1-3-15(8-12)20-16-9-13(18)5-4-11(16)10-19-14-6-7-14/h1-5,8-9,14,19H,6-7,10H2. The Morgan fingerprint density at radius 2 is 2.05 bits per heavy atom. The first-order chi connectivity index (χ1) is 9.70. The molecule has 3 rings (SSSR count). The van der Waals surface area contributed by atoms with E-state index in [0.29, 0.717) is 0 Å². The highest BCUT2D eigenvalue weighted by Gasteiger charge is 2.20. The van der Waals surface area contributed by atoms with Crippen LogP contribution in [0.4, 0.5) is 0 Å².